The number of morpholine rings is 1. The second-order valence-corrected chi connectivity index (χ2v) is 7.21. The standard InChI is InChI=1S/C20H26N4O4/c1-20(2,26)14-28-19-12-17(24-7-9-27-10-8-24)11-16(22-19)13-21-23-15-3-5-18(25)6-4-15/h3-6,11-13,23,25-26H,7-10,14H2,1-2H3. The zero-order valence-corrected chi connectivity index (χ0v) is 16.1. The molecule has 1 aromatic carbocycles. The van der Waals surface area contributed by atoms with Gasteiger partial charge in [-0.25, -0.2) is 4.98 Å². The Kier molecular flexibility index (Phi) is 6.33. The molecule has 3 rings (SSSR count). The van der Waals surface area contributed by atoms with Crippen molar-refractivity contribution in [2.24, 2.45) is 5.10 Å². The number of hydrogen-bond donors (Lipinski definition) is 3. The molecule has 0 unspecified atom stereocenters. The molecule has 8 nitrogen and oxygen atoms in total. The van der Waals surface area contributed by atoms with E-state index in [9.17, 15) is 10.2 Å². The highest BCUT2D eigenvalue weighted by Crippen LogP contribution is 2.22. The molecule has 1 aliphatic rings. The van der Waals surface area contributed by atoms with Crippen LogP contribution >= 0.6 is 0 Å². The Labute approximate surface area is 164 Å². The Morgan fingerprint density at radius 1 is 1.25 bits per heavy atom. The quantitative estimate of drug-likeness (QED) is 0.381. The maximum Gasteiger partial charge on any atom is 0.216 e. The van der Waals surface area contributed by atoms with Gasteiger partial charge in [-0.2, -0.15) is 5.10 Å². The molecular weight excluding hydrogens is 360 g/mol. The van der Waals surface area contributed by atoms with Crippen LogP contribution in [0.1, 0.15) is 19.5 Å². The lowest BCUT2D eigenvalue weighted by Gasteiger charge is -2.29. The zero-order chi connectivity index (χ0) is 20.0. The first kappa shape index (κ1) is 19.9. The molecule has 0 atom stereocenters. The van der Waals surface area contributed by atoms with Crippen molar-refractivity contribution in [1.82, 2.24) is 4.98 Å². The van der Waals surface area contributed by atoms with Crippen LogP contribution in [0.5, 0.6) is 11.6 Å². The average Bonchev–Trinajstić information content (AvgIpc) is 2.68. The SMILES string of the molecule is CC(C)(O)COc1cc(N2CCOCC2)cc(C=NNc2ccc(O)cc2)n1. The number of hydrogen-bond acceptors (Lipinski definition) is 8. The van der Waals surface area contributed by atoms with Crippen molar-refractivity contribution in [3.05, 3.63) is 42.1 Å². The zero-order valence-electron chi connectivity index (χ0n) is 16.1. The van der Waals surface area contributed by atoms with Crippen LogP contribution in [0.3, 0.4) is 0 Å². The van der Waals surface area contributed by atoms with Gasteiger partial charge in [0, 0.05) is 24.8 Å². The number of aromatic hydroxyl groups is 1. The Hall–Kier alpha value is -2.84. The van der Waals surface area contributed by atoms with Gasteiger partial charge in [0.25, 0.3) is 0 Å². The van der Waals surface area contributed by atoms with Crippen molar-refractivity contribution in [3.63, 3.8) is 0 Å². The van der Waals surface area contributed by atoms with Crippen molar-refractivity contribution in [2.45, 2.75) is 19.4 Å². The minimum Gasteiger partial charge on any atom is -0.508 e. The van der Waals surface area contributed by atoms with Crippen LogP contribution in [0.15, 0.2) is 41.5 Å². The van der Waals surface area contributed by atoms with E-state index in [-0.39, 0.29) is 12.4 Å². The van der Waals surface area contributed by atoms with Crippen molar-refractivity contribution >= 4 is 17.6 Å². The summed E-state index contributed by atoms with van der Waals surface area (Å²) in [5.74, 6) is 0.625. The number of phenols is 1. The van der Waals surface area contributed by atoms with E-state index in [0.717, 1.165) is 24.5 Å². The summed E-state index contributed by atoms with van der Waals surface area (Å²) in [5.41, 5.74) is 4.29. The fourth-order valence-corrected chi connectivity index (χ4v) is 2.62. The van der Waals surface area contributed by atoms with Crippen LogP contribution in [-0.2, 0) is 4.74 Å². The van der Waals surface area contributed by atoms with E-state index in [1.807, 2.05) is 12.1 Å². The molecule has 8 heteroatoms. The van der Waals surface area contributed by atoms with Gasteiger partial charge in [-0.15, -0.1) is 0 Å². The van der Waals surface area contributed by atoms with E-state index in [4.69, 9.17) is 9.47 Å². The Morgan fingerprint density at radius 2 is 1.96 bits per heavy atom. The van der Waals surface area contributed by atoms with E-state index >= 15 is 0 Å². The van der Waals surface area contributed by atoms with Gasteiger partial charge < -0.3 is 24.6 Å². The summed E-state index contributed by atoms with van der Waals surface area (Å²) < 4.78 is 11.1. The molecule has 0 amide bonds. The van der Waals surface area contributed by atoms with Crippen LogP contribution < -0.4 is 15.1 Å². The number of pyridine rings is 1. The Balaban J connectivity index is 1.77. The molecule has 2 aromatic rings. The van der Waals surface area contributed by atoms with Gasteiger partial charge in [-0.1, -0.05) is 0 Å². The van der Waals surface area contributed by atoms with E-state index in [2.05, 4.69) is 20.4 Å². The first-order valence-electron chi connectivity index (χ1n) is 9.17. The molecular formula is C20H26N4O4. The van der Waals surface area contributed by atoms with E-state index in [1.54, 1.807) is 44.3 Å². The molecule has 1 fully saturated rings. The van der Waals surface area contributed by atoms with Crippen LogP contribution in [-0.4, -0.2) is 59.9 Å². The number of aliphatic hydroxyl groups is 1. The molecule has 0 saturated carbocycles. The molecule has 28 heavy (non-hydrogen) atoms. The third-order valence-corrected chi connectivity index (χ3v) is 4.01. The van der Waals surface area contributed by atoms with Gasteiger partial charge in [-0.3, -0.25) is 5.43 Å². The van der Waals surface area contributed by atoms with E-state index in [0.29, 0.717) is 24.8 Å². The fraction of sp³-hybridized carbons (Fsp3) is 0.400. The van der Waals surface area contributed by atoms with Crippen molar-refractivity contribution < 1.29 is 19.7 Å². The lowest BCUT2D eigenvalue weighted by atomic mass is 10.2. The molecule has 0 aliphatic carbocycles. The molecule has 150 valence electrons. The summed E-state index contributed by atoms with van der Waals surface area (Å²) in [6.45, 7) is 6.43. The minimum absolute atomic E-state index is 0.134. The second-order valence-electron chi connectivity index (χ2n) is 7.21. The van der Waals surface area contributed by atoms with Gasteiger partial charge in [0.2, 0.25) is 5.88 Å². The first-order valence-corrected chi connectivity index (χ1v) is 9.17. The van der Waals surface area contributed by atoms with Crippen molar-refractivity contribution in [1.29, 1.82) is 0 Å². The number of ether oxygens (including phenoxy) is 2. The molecule has 1 saturated heterocycles. The number of phenolic OH excluding ortho intramolecular Hbond substituents is 1. The van der Waals surface area contributed by atoms with Gasteiger partial charge in [0.15, 0.2) is 0 Å². The third-order valence-electron chi connectivity index (χ3n) is 4.01. The number of anilines is 2. The van der Waals surface area contributed by atoms with E-state index in [1.165, 1.54) is 0 Å². The summed E-state index contributed by atoms with van der Waals surface area (Å²) in [6, 6.07) is 10.4. The van der Waals surface area contributed by atoms with Gasteiger partial charge in [0.05, 0.1) is 36.4 Å². The monoisotopic (exact) mass is 386 g/mol. The maximum atomic E-state index is 9.92. The Bertz CT molecular complexity index is 797. The van der Waals surface area contributed by atoms with Gasteiger partial charge in [0.1, 0.15) is 12.4 Å². The number of benzene rings is 1. The number of hydrazone groups is 1. The van der Waals surface area contributed by atoms with Crippen molar-refractivity contribution in [2.75, 3.05) is 43.2 Å². The molecule has 1 aliphatic heterocycles. The fourth-order valence-electron chi connectivity index (χ4n) is 2.62. The maximum absolute atomic E-state index is 9.92. The topological polar surface area (TPSA) is 99.4 Å². The predicted molar refractivity (Wildman–Crippen MR) is 108 cm³/mol. The van der Waals surface area contributed by atoms with Gasteiger partial charge in [-0.05, 0) is 44.2 Å². The number of nitrogens with one attached hydrogen (secondary N) is 1. The molecule has 1 aromatic heterocycles. The second kappa shape index (κ2) is 8.90. The predicted octanol–water partition coefficient (Wildman–Crippen LogP) is 2.22. The molecule has 2 heterocycles. The summed E-state index contributed by atoms with van der Waals surface area (Å²) in [7, 11) is 0. The first-order chi connectivity index (χ1) is 13.4. The van der Waals surface area contributed by atoms with Gasteiger partial charge >= 0.3 is 0 Å². The summed E-state index contributed by atoms with van der Waals surface area (Å²) in [4.78, 5) is 6.66. The van der Waals surface area contributed by atoms with Crippen LogP contribution in [0.4, 0.5) is 11.4 Å². The smallest absolute Gasteiger partial charge is 0.216 e. The highest BCUT2D eigenvalue weighted by atomic mass is 16.5. The molecule has 0 radical (unpaired) electrons. The largest absolute Gasteiger partial charge is 0.508 e. The molecule has 0 spiro atoms. The average molecular weight is 386 g/mol. The normalized spacial score (nSPS) is 15.0. The van der Waals surface area contributed by atoms with Crippen LogP contribution in [0.2, 0.25) is 0 Å². The van der Waals surface area contributed by atoms with Crippen LogP contribution in [0.25, 0.3) is 0 Å². The number of rotatable bonds is 7. The number of nitrogens with zero attached hydrogens (tertiary/aromatic N) is 3. The summed E-state index contributed by atoms with van der Waals surface area (Å²) in [5, 5.41) is 23.5. The third kappa shape index (κ3) is 6.11. The highest BCUT2D eigenvalue weighted by molar-refractivity contribution is 5.80. The molecule has 3 N–H and O–H groups in total. The lowest BCUT2D eigenvalue weighted by Crippen LogP contribution is -2.36. The van der Waals surface area contributed by atoms with Crippen LogP contribution in [0, 0.1) is 0 Å². The summed E-state index contributed by atoms with van der Waals surface area (Å²) in [6.07, 6.45) is 1.60. The Morgan fingerprint density at radius 3 is 2.64 bits per heavy atom. The number of aromatic nitrogens is 1. The minimum atomic E-state index is -0.953. The van der Waals surface area contributed by atoms with E-state index < -0.39 is 5.60 Å². The summed E-state index contributed by atoms with van der Waals surface area (Å²) >= 11 is 0. The lowest BCUT2D eigenvalue weighted by molar-refractivity contribution is 0.0268. The highest BCUT2D eigenvalue weighted by Gasteiger charge is 2.17. The molecule has 0 bridgehead atoms. The van der Waals surface area contributed by atoms with Crippen molar-refractivity contribution in [3.8, 4) is 11.6 Å².